The number of hydrogen-bond acceptors (Lipinski definition) is 7. The number of carbonyl (C=O) groups excluding carboxylic acids is 1. The molecule has 2 aromatic heterocycles. The van der Waals surface area contributed by atoms with Crippen LogP contribution in [0.1, 0.15) is 41.1 Å². The van der Waals surface area contributed by atoms with Crippen LogP contribution in [0.3, 0.4) is 0 Å². The molecule has 8 heteroatoms. The van der Waals surface area contributed by atoms with Crippen LogP contribution in [0.5, 0.6) is 0 Å². The Kier molecular flexibility index (Phi) is 4.92. The maximum atomic E-state index is 12.4. The van der Waals surface area contributed by atoms with Crippen molar-refractivity contribution in [1.29, 1.82) is 0 Å². The summed E-state index contributed by atoms with van der Waals surface area (Å²) in [5.74, 6) is 0.643. The van der Waals surface area contributed by atoms with Gasteiger partial charge in [-0.15, -0.1) is 0 Å². The Labute approximate surface area is 157 Å². The molecule has 0 atom stereocenters. The highest BCUT2D eigenvalue weighted by molar-refractivity contribution is 8.01. The normalized spacial score (nSPS) is 16.1. The summed E-state index contributed by atoms with van der Waals surface area (Å²) in [4.78, 5) is 27.7. The minimum Gasteiger partial charge on any atom is -0.355 e. The van der Waals surface area contributed by atoms with Crippen LogP contribution in [-0.2, 0) is 6.54 Å². The molecule has 7 nitrogen and oxygen atoms in total. The number of nitrogens with zero attached hydrogens (tertiary/aromatic N) is 4. The summed E-state index contributed by atoms with van der Waals surface area (Å²) in [6.45, 7) is 4.27. The molecule has 0 bridgehead atoms. The number of pyridine rings is 1. The molecule has 3 heterocycles. The highest BCUT2D eigenvalue weighted by atomic mass is 32.2. The molecule has 0 radical (unpaired) electrons. The van der Waals surface area contributed by atoms with Gasteiger partial charge in [0.1, 0.15) is 11.5 Å². The van der Waals surface area contributed by atoms with Crippen molar-refractivity contribution in [3.63, 3.8) is 0 Å². The molecule has 0 aromatic carbocycles. The van der Waals surface area contributed by atoms with E-state index in [0.29, 0.717) is 12.2 Å². The van der Waals surface area contributed by atoms with Gasteiger partial charge in [0.15, 0.2) is 0 Å². The Morgan fingerprint density at radius 2 is 2.19 bits per heavy atom. The maximum Gasteiger partial charge on any atom is 0.271 e. The minimum absolute atomic E-state index is 0.233. The first-order chi connectivity index (χ1) is 12.7. The Bertz CT molecular complexity index is 806. The third-order valence-corrected chi connectivity index (χ3v) is 5.58. The van der Waals surface area contributed by atoms with Crippen LogP contribution in [0.2, 0.25) is 0 Å². The average molecular weight is 370 g/mol. The lowest BCUT2D eigenvalue weighted by Gasteiger charge is -2.32. The van der Waals surface area contributed by atoms with Crippen LogP contribution in [0.25, 0.3) is 0 Å². The monoisotopic (exact) mass is 370 g/mol. The number of hydrogen-bond donors (Lipinski definition) is 2. The fraction of sp³-hybridized carbons (Fsp3) is 0.444. The van der Waals surface area contributed by atoms with Gasteiger partial charge in [0.25, 0.3) is 5.91 Å². The first-order valence-electron chi connectivity index (χ1n) is 8.92. The number of aromatic nitrogens is 3. The summed E-state index contributed by atoms with van der Waals surface area (Å²) in [6.07, 6.45) is 7.05. The Hall–Kier alpha value is -2.35. The summed E-state index contributed by atoms with van der Waals surface area (Å²) in [5, 5.41) is 3.60. The third-order valence-electron chi connectivity index (χ3n) is 4.42. The van der Waals surface area contributed by atoms with Crippen LogP contribution < -0.4 is 14.9 Å². The third kappa shape index (κ3) is 4.07. The molecule has 26 heavy (non-hydrogen) atoms. The maximum absolute atomic E-state index is 12.4. The zero-order valence-corrected chi connectivity index (χ0v) is 15.6. The van der Waals surface area contributed by atoms with E-state index in [1.54, 1.807) is 24.3 Å². The van der Waals surface area contributed by atoms with E-state index in [4.69, 9.17) is 0 Å². The number of amides is 1. The second-order valence-electron chi connectivity index (χ2n) is 6.64. The summed E-state index contributed by atoms with van der Waals surface area (Å²) in [5.41, 5.74) is 2.95. The molecule has 1 aliphatic carbocycles. The van der Waals surface area contributed by atoms with E-state index in [0.717, 1.165) is 41.2 Å². The van der Waals surface area contributed by atoms with Crippen molar-refractivity contribution in [2.45, 2.75) is 38.0 Å². The van der Waals surface area contributed by atoms with E-state index in [1.807, 2.05) is 19.1 Å². The van der Waals surface area contributed by atoms with Gasteiger partial charge in [-0.1, -0.05) is 0 Å². The van der Waals surface area contributed by atoms with E-state index in [1.165, 1.54) is 19.3 Å². The predicted molar refractivity (Wildman–Crippen MR) is 103 cm³/mol. The number of nitrogens with one attached hydrogen (secondary N) is 2. The van der Waals surface area contributed by atoms with Gasteiger partial charge in [0.05, 0.1) is 24.1 Å². The van der Waals surface area contributed by atoms with Gasteiger partial charge in [-0.2, -0.15) is 0 Å². The second kappa shape index (κ2) is 7.49. The lowest BCUT2D eigenvalue weighted by atomic mass is 10.2. The molecule has 1 saturated heterocycles. The van der Waals surface area contributed by atoms with Crippen molar-refractivity contribution in [3.8, 4) is 0 Å². The molecule has 0 spiro atoms. The Morgan fingerprint density at radius 1 is 1.35 bits per heavy atom. The van der Waals surface area contributed by atoms with E-state index in [9.17, 15) is 4.79 Å². The molecule has 2 aromatic rings. The SMILES string of the molecule is Cc1nc(C(=O)NCc2cc(NSC3CC3)ccn2)cnc1N1CCC1. The summed E-state index contributed by atoms with van der Waals surface area (Å²) >= 11 is 1.75. The summed E-state index contributed by atoms with van der Waals surface area (Å²) in [6, 6.07) is 3.89. The van der Waals surface area contributed by atoms with E-state index in [-0.39, 0.29) is 5.91 Å². The smallest absolute Gasteiger partial charge is 0.271 e. The van der Waals surface area contributed by atoms with Crippen molar-refractivity contribution in [3.05, 3.63) is 41.6 Å². The molecular weight excluding hydrogens is 348 g/mol. The van der Waals surface area contributed by atoms with Gasteiger partial charge in [-0.3, -0.25) is 9.78 Å². The summed E-state index contributed by atoms with van der Waals surface area (Å²) < 4.78 is 3.34. The molecule has 2 aliphatic rings. The van der Waals surface area contributed by atoms with Crippen LogP contribution in [0, 0.1) is 6.92 Å². The fourth-order valence-electron chi connectivity index (χ4n) is 2.66. The summed E-state index contributed by atoms with van der Waals surface area (Å²) in [7, 11) is 0. The highest BCUT2D eigenvalue weighted by Crippen LogP contribution is 2.34. The van der Waals surface area contributed by atoms with Crippen LogP contribution in [0.15, 0.2) is 24.5 Å². The molecular formula is C18H22N6OS. The number of anilines is 2. The lowest BCUT2D eigenvalue weighted by Crippen LogP contribution is -2.38. The van der Waals surface area contributed by atoms with Gasteiger partial charge in [-0.25, -0.2) is 9.97 Å². The van der Waals surface area contributed by atoms with Gasteiger partial charge < -0.3 is 14.9 Å². The second-order valence-corrected chi connectivity index (χ2v) is 7.75. The van der Waals surface area contributed by atoms with Gasteiger partial charge >= 0.3 is 0 Å². The van der Waals surface area contributed by atoms with Crippen molar-refractivity contribution < 1.29 is 4.79 Å². The van der Waals surface area contributed by atoms with Crippen LogP contribution >= 0.6 is 11.9 Å². The van der Waals surface area contributed by atoms with Crippen LogP contribution in [-0.4, -0.2) is 39.2 Å². The topological polar surface area (TPSA) is 83.0 Å². The van der Waals surface area contributed by atoms with Crippen molar-refractivity contribution in [2.24, 2.45) is 0 Å². The van der Waals surface area contributed by atoms with Crippen molar-refractivity contribution in [1.82, 2.24) is 20.3 Å². The molecule has 1 saturated carbocycles. The first-order valence-corrected chi connectivity index (χ1v) is 9.80. The fourth-order valence-corrected chi connectivity index (χ4v) is 3.46. The number of carbonyl (C=O) groups is 1. The Balaban J connectivity index is 1.34. The van der Waals surface area contributed by atoms with Gasteiger partial charge in [-0.05, 0) is 50.3 Å². The molecule has 0 unspecified atom stereocenters. The minimum atomic E-state index is -0.233. The molecule has 2 N–H and O–H groups in total. The quantitative estimate of drug-likeness (QED) is 0.725. The van der Waals surface area contributed by atoms with Gasteiger partial charge in [0.2, 0.25) is 0 Å². The standard InChI is InChI=1S/C18H22N6OS/c1-12-17(24-7-2-8-24)20-11-16(22-12)18(25)21-10-14-9-13(5-6-19-14)23-26-15-3-4-15/h5-6,9,11,15H,2-4,7-8,10H2,1H3,(H,19,23)(H,21,25). The molecule has 136 valence electrons. The van der Waals surface area contributed by atoms with E-state index in [2.05, 4.69) is 29.9 Å². The molecule has 4 rings (SSSR count). The largest absolute Gasteiger partial charge is 0.355 e. The van der Waals surface area contributed by atoms with Crippen LogP contribution in [0.4, 0.5) is 11.5 Å². The zero-order chi connectivity index (χ0) is 17.9. The van der Waals surface area contributed by atoms with E-state index < -0.39 is 0 Å². The zero-order valence-electron chi connectivity index (χ0n) is 14.7. The first kappa shape index (κ1) is 17.1. The lowest BCUT2D eigenvalue weighted by molar-refractivity contribution is 0.0945. The molecule has 1 aliphatic heterocycles. The Morgan fingerprint density at radius 3 is 2.88 bits per heavy atom. The predicted octanol–water partition coefficient (Wildman–Crippen LogP) is 2.54. The van der Waals surface area contributed by atoms with Crippen molar-refractivity contribution >= 4 is 29.4 Å². The van der Waals surface area contributed by atoms with Gasteiger partial charge in [0, 0.05) is 30.2 Å². The molecule has 1 amide bonds. The number of rotatable bonds is 7. The molecule has 2 fully saturated rings. The van der Waals surface area contributed by atoms with Crippen molar-refractivity contribution in [2.75, 3.05) is 22.7 Å². The number of aryl methyl sites for hydroxylation is 1. The van der Waals surface area contributed by atoms with E-state index >= 15 is 0 Å². The highest BCUT2D eigenvalue weighted by Gasteiger charge is 2.22. The average Bonchev–Trinajstić information content (AvgIpc) is 3.43.